The van der Waals surface area contributed by atoms with Gasteiger partial charge in [-0.15, -0.1) is 0 Å². The van der Waals surface area contributed by atoms with Crippen molar-refractivity contribution in [2.45, 2.75) is 46.7 Å². The van der Waals surface area contributed by atoms with Crippen molar-refractivity contribution in [3.8, 4) is 0 Å². The zero-order valence-corrected chi connectivity index (χ0v) is 10.5. The lowest BCUT2D eigenvalue weighted by Gasteiger charge is -2.19. The topological polar surface area (TPSA) is 27.6 Å². The van der Waals surface area contributed by atoms with Gasteiger partial charge in [0.2, 0.25) is 0 Å². The van der Waals surface area contributed by atoms with Crippen LogP contribution in [0.1, 0.15) is 34.6 Å². The fraction of sp³-hybridized carbons (Fsp3) is 0.909. The van der Waals surface area contributed by atoms with Crippen LogP contribution in [0.5, 0.6) is 0 Å². The highest BCUT2D eigenvalue weighted by Crippen LogP contribution is 1.92. The highest BCUT2D eigenvalue weighted by molar-refractivity contribution is 5.79. The molecule has 0 spiro atoms. The lowest BCUT2D eigenvalue weighted by Crippen LogP contribution is -2.31. The van der Waals surface area contributed by atoms with Crippen molar-refractivity contribution in [3.05, 3.63) is 0 Å². The zero-order valence-electron chi connectivity index (χ0n) is 10.5. The van der Waals surface area contributed by atoms with Gasteiger partial charge in [-0.2, -0.15) is 0 Å². The van der Waals surface area contributed by atoms with Crippen LogP contribution in [0.25, 0.3) is 0 Å². The number of aliphatic imine (C=N–C) groups is 1. The van der Waals surface area contributed by atoms with Gasteiger partial charge in [-0.3, -0.25) is 4.99 Å². The minimum Gasteiger partial charge on any atom is -0.372 e. The molecule has 0 bridgehead atoms. The third-order valence-corrected chi connectivity index (χ3v) is 2.18. The Labute approximate surface area is 88.6 Å². The van der Waals surface area contributed by atoms with E-state index in [4.69, 9.17) is 0 Å². The first kappa shape index (κ1) is 13.4. The third kappa shape index (κ3) is 6.89. The molecule has 0 rings (SSSR count). The van der Waals surface area contributed by atoms with Gasteiger partial charge in [0.1, 0.15) is 0 Å². The Hall–Kier alpha value is -0.570. The molecule has 3 heteroatoms. The summed E-state index contributed by atoms with van der Waals surface area (Å²) in [6.07, 6.45) is 0. The van der Waals surface area contributed by atoms with E-state index >= 15 is 0 Å². The van der Waals surface area contributed by atoms with Gasteiger partial charge in [0.05, 0.1) is 12.4 Å². The first-order valence-electron chi connectivity index (χ1n) is 5.41. The lowest BCUT2D eigenvalue weighted by molar-refractivity contribution is 0.282. The van der Waals surface area contributed by atoms with Crippen molar-refractivity contribution in [1.29, 1.82) is 0 Å². The second-order valence-corrected chi connectivity index (χ2v) is 4.34. The van der Waals surface area contributed by atoms with Crippen LogP contribution < -0.4 is 5.32 Å². The average molecular weight is 199 g/mol. The van der Waals surface area contributed by atoms with Gasteiger partial charge < -0.3 is 10.2 Å². The molecule has 0 aliphatic rings. The molecule has 0 aromatic heterocycles. The largest absolute Gasteiger partial charge is 0.372 e. The summed E-state index contributed by atoms with van der Waals surface area (Å²) in [6.45, 7) is 12.6. The minimum atomic E-state index is 0.474. The Morgan fingerprint density at radius 1 is 1.29 bits per heavy atom. The number of nitrogens with one attached hydrogen (secondary N) is 1. The molecule has 0 heterocycles. The van der Waals surface area contributed by atoms with E-state index in [1.807, 2.05) is 6.92 Å². The summed E-state index contributed by atoms with van der Waals surface area (Å²) in [5.41, 5.74) is 0. The second kappa shape index (κ2) is 6.82. The van der Waals surface area contributed by atoms with Gasteiger partial charge in [0.15, 0.2) is 0 Å². The Morgan fingerprint density at radius 2 is 1.86 bits per heavy atom. The molecule has 0 radical (unpaired) electrons. The van der Waals surface area contributed by atoms with Crippen LogP contribution in [0.4, 0.5) is 0 Å². The number of amidine groups is 1. The molecule has 0 amide bonds. The minimum absolute atomic E-state index is 0.474. The predicted molar refractivity (Wildman–Crippen MR) is 64.0 cm³/mol. The van der Waals surface area contributed by atoms with Crippen LogP contribution >= 0.6 is 0 Å². The average Bonchev–Trinajstić information content (AvgIpc) is 2.02. The summed E-state index contributed by atoms with van der Waals surface area (Å²) >= 11 is 0. The molecule has 0 unspecified atom stereocenters. The Bertz CT molecular complexity index is 173. The molecule has 0 atom stereocenters. The van der Waals surface area contributed by atoms with Crippen molar-refractivity contribution in [2.75, 3.05) is 20.1 Å². The number of hydrogen-bond acceptors (Lipinski definition) is 2. The maximum absolute atomic E-state index is 4.45. The van der Waals surface area contributed by atoms with Crippen molar-refractivity contribution in [3.63, 3.8) is 0 Å². The first-order valence-corrected chi connectivity index (χ1v) is 5.41. The zero-order chi connectivity index (χ0) is 11.1. The third-order valence-electron chi connectivity index (χ3n) is 2.18. The molecular formula is C11H25N3. The normalized spacial score (nSPS) is 13.1. The Morgan fingerprint density at radius 3 is 2.29 bits per heavy atom. The van der Waals surface area contributed by atoms with E-state index < -0.39 is 0 Å². The summed E-state index contributed by atoms with van der Waals surface area (Å²) in [5, 5.41) is 3.28. The lowest BCUT2D eigenvalue weighted by atomic mass is 10.3. The quantitative estimate of drug-likeness (QED) is 0.539. The monoisotopic (exact) mass is 199 g/mol. The summed E-state index contributed by atoms with van der Waals surface area (Å²) in [6, 6.07) is 1.07. The van der Waals surface area contributed by atoms with Crippen LogP contribution in [0.3, 0.4) is 0 Å². The van der Waals surface area contributed by atoms with Crippen LogP contribution in [-0.2, 0) is 0 Å². The summed E-state index contributed by atoms with van der Waals surface area (Å²) in [4.78, 5) is 6.75. The van der Waals surface area contributed by atoms with Crippen molar-refractivity contribution < 1.29 is 0 Å². The summed E-state index contributed by atoms with van der Waals surface area (Å²) in [5.74, 6) is 1.04. The van der Waals surface area contributed by atoms with Gasteiger partial charge in [-0.05, 0) is 41.7 Å². The number of rotatable bonds is 5. The first-order chi connectivity index (χ1) is 6.43. The molecule has 3 nitrogen and oxygen atoms in total. The maximum Gasteiger partial charge on any atom is 0.0934 e. The summed E-state index contributed by atoms with van der Waals surface area (Å²) < 4.78 is 0. The van der Waals surface area contributed by atoms with Gasteiger partial charge in [-0.1, -0.05) is 0 Å². The molecule has 0 fully saturated rings. The van der Waals surface area contributed by atoms with Crippen LogP contribution in [-0.4, -0.2) is 43.0 Å². The SMILES string of the molecule is CC(=NCCN(C)C(C)C)NC(C)C. The van der Waals surface area contributed by atoms with Crippen molar-refractivity contribution in [1.82, 2.24) is 10.2 Å². The second-order valence-electron chi connectivity index (χ2n) is 4.34. The van der Waals surface area contributed by atoms with E-state index in [2.05, 4.69) is 50.0 Å². The van der Waals surface area contributed by atoms with E-state index in [9.17, 15) is 0 Å². The fourth-order valence-electron chi connectivity index (χ4n) is 1.10. The highest BCUT2D eigenvalue weighted by Gasteiger charge is 2.01. The number of nitrogens with zero attached hydrogens (tertiary/aromatic N) is 2. The maximum atomic E-state index is 4.45. The molecular weight excluding hydrogens is 174 g/mol. The van der Waals surface area contributed by atoms with Crippen LogP contribution in [0.15, 0.2) is 4.99 Å². The summed E-state index contributed by atoms with van der Waals surface area (Å²) in [7, 11) is 2.13. The molecule has 14 heavy (non-hydrogen) atoms. The van der Waals surface area contributed by atoms with Gasteiger partial charge >= 0.3 is 0 Å². The van der Waals surface area contributed by atoms with E-state index in [0.717, 1.165) is 18.9 Å². The van der Waals surface area contributed by atoms with Crippen molar-refractivity contribution in [2.24, 2.45) is 4.99 Å². The van der Waals surface area contributed by atoms with Crippen LogP contribution in [0.2, 0.25) is 0 Å². The molecule has 0 saturated carbocycles. The van der Waals surface area contributed by atoms with E-state index in [0.29, 0.717) is 12.1 Å². The van der Waals surface area contributed by atoms with Gasteiger partial charge in [0.25, 0.3) is 0 Å². The van der Waals surface area contributed by atoms with Crippen molar-refractivity contribution >= 4 is 5.84 Å². The number of hydrogen-bond donors (Lipinski definition) is 1. The highest BCUT2D eigenvalue weighted by atomic mass is 15.1. The molecule has 0 saturated heterocycles. The van der Waals surface area contributed by atoms with Gasteiger partial charge in [0, 0.05) is 18.6 Å². The van der Waals surface area contributed by atoms with E-state index in [1.165, 1.54) is 0 Å². The fourth-order valence-corrected chi connectivity index (χ4v) is 1.10. The van der Waals surface area contributed by atoms with Crippen LogP contribution in [0, 0.1) is 0 Å². The van der Waals surface area contributed by atoms with Gasteiger partial charge in [-0.25, -0.2) is 0 Å². The molecule has 84 valence electrons. The Kier molecular flexibility index (Phi) is 6.54. The van der Waals surface area contributed by atoms with E-state index in [1.54, 1.807) is 0 Å². The predicted octanol–water partition coefficient (Wildman–Crippen LogP) is 1.74. The number of likely N-dealkylation sites (N-methyl/N-ethyl adjacent to an activating group) is 1. The molecule has 1 N–H and O–H groups in total. The molecule has 0 aliphatic carbocycles. The smallest absolute Gasteiger partial charge is 0.0934 e. The standard InChI is InChI=1S/C11H25N3/c1-9(2)13-11(5)12-7-8-14(6)10(3)4/h9-10H,7-8H2,1-6H3,(H,12,13). The molecule has 0 aromatic rings. The van der Waals surface area contributed by atoms with E-state index in [-0.39, 0.29) is 0 Å². The Balaban J connectivity index is 3.70. The molecule has 0 aliphatic heterocycles. The molecule has 0 aromatic carbocycles.